The number of nitrogens with one attached hydrogen (secondary N) is 2. The van der Waals surface area contributed by atoms with E-state index in [9.17, 15) is 9.59 Å². The molecule has 2 N–H and O–H groups in total. The number of anilines is 1. The Labute approximate surface area is 139 Å². The minimum atomic E-state index is -0.237. The molecule has 7 heteroatoms. The standard InChI is InChI=1S/C17H21N5O2/c1-21-7-4-11(5-8-21)22-16-14(10-19-22)13(9-15(23)20-16)12-3-2-6-18-17(12)24/h2-3,6,10-11,13H,4-5,7-9H2,1H3,(H,18,24)(H,20,23). The molecule has 126 valence electrons. The van der Waals surface area contributed by atoms with Gasteiger partial charge < -0.3 is 15.2 Å². The molecule has 2 aliphatic rings. The van der Waals surface area contributed by atoms with E-state index >= 15 is 0 Å². The minimum absolute atomic E-state index is 0.0644. The molecule has 7 nitrogen and oxygen atoms in total. The molecular weight excluding hydrogens is 306 g/mol. The highest BCUT2D eigenvalue weighted by molar-refractivity contribution is 5.94. The lowest BCUT2D eigenvalue weighted by Crippen LogP contribution is -2.33. The van der Waals surface area contributed by atoms with Crippen molar-refractivity contribution in [1.29, 1.82) is 0 Å². The molecule has 0 radical (unpaired) electrons. The molecule has 0 aromatic carbocycles. The normalized spacial score (nSPS) is 22.2. The van der Waals surface area contributed by atoms with Crippen molar-refractivity contribution >= 4 is 11.7 Å². The maximum absolute atomic E-state index is 12.2. The number of carbonyl (C=O) groups is 1. The number of rotatable bonds is 2. The Balaban J connectivity index is 1.73. The third-order valence-electron chi connectivity index (χ3n) is 5.10. The van der Waals surface area contributed by atoms with Gasteiger partial charge in [0.2, 0.25) is 5.91 Å². The van der Waals surface area contributed by atoms with Crippen molar-refractivity contribution in [2.24, 2.45) is 0 Å². The molecule has 2 aromatic rings. The van der Waals surface area contributed by atoms with Gasteiger partial charge in [-0.25, -0.2) is 4.68 Å². The van der Waals surface area contributed by atoms with Crippen molar-refractivity contribution < 1.29 is 4.79 Å². The molecule has 0 aliphatic carbocycles. The van der Waals surface area contributed by atoms with Crippen LogP contribution in [-0.4, -0.2) is 45.7 Å². The summed E-state index contributed by atoms with van der Waals surface area (Å²) in [5, 5.41) is 7.53. The molecule has 2 aliphatic heterocycles. The van der Waals surface area contributed by atoms with Crippen LogP contribution in [0.2, 0.25) is 0 Å². The summed E-state index contributed by atoms with van der Waals surface area (Å²) in [7, 11) is 2.12. The number of piperidine rings is 1. The molecule has 0 saturated carbocycles. The Morgan fingerprint density at radius 3 is 2.75 bits per heavy atom. The molecule has 0 spiro atoms. The molecule has 1 atom stereocenters. The first kappa shape index (κ1) is 15.1. The maximum atomic E-state index is 12.2. The fourth-order valence-electron chi connectivity index (χ4n) is 3.74. The lowest BCUT2D eigenvalue weighted by Gasteiger charge is -2.31. The quantitative estimate of drug-likeness (QED) is 0.871. The zero-order valence-corrected chi connectivity index (χ0v) is 13.7. The topological polar surface area (TPSA) is 83.0 Å². The third kappa shape index (κ3) is 2.54. The maximum Gasteiger partial charge on any atom is 0.251 e. The summed E-state index contributed by atoms with van der Waals surface area (Å²) in [6.07, 6.45) is 5.72. The minimum Gasteiger partial charge on any atom is -0.329 e. The van der Waals surface area contributed by atoms with Crippen molar-refractivity contribution in [1.82, 2.24) is 19.7 Å². The van der Waals surface area contributed by atoms with Crippen LogP contribution in [0.1, 0.15) is 42.3 Å². The van der Waals surface area contributed by atoms with E-state index in [1.165, 1.54) is 0 Å². The van der Waals surface area contributed by atoms with Crippen molar-refractivity contribution in [2.45, 2.75) is 31.2 Å². The number of aromatic nitrogens is 3. The van der Waals surface area contributed by atoms with Gasteiger partial charge in [-0.2, -0.15) is 5.10 Å². The molecule has 0 bridgehead atoms. The Morgan fingerprint density at radius 2 is 2.00 bits per heavy atom. The van der Waals surface area contributed by atoms with Crippen LogP contribution in [0.25, 0.3) is 0 Å². The lowest BCUT2D eigenvalue weighted by atomic mass is 9.88. The number of hydrogen-bond donors (Lipinski definition) is 2. The Hall–Kier alpha value is -2.41. The molecule has 1 saturated heterocycles. The van der Waals surface area contributed by atoms with E-state index in [0.717, 1.165) is 37.3 Å². The number of nitrogens with zero attached hydrogens (tertiary/aromatic N) is 3. The van der Waals surface area contributed by atoms with Gasteiger partial charge in [-0.15, -0.1) is 0 Å². The van der Waals surface area contributed by atoms with Crippen LogP contribution in [0.5, 0.6) is 0 Å². The molecule has 24 heavy (non-hydrogen) atoms. The zero-order valence-electron chi connectivity index (χ0n) is 13.7. The lowest BCUT2D eigenvalue weighted by molar-refractivity contribution is -0.116. The summed E-state index contributed by atoms with van der Waals surface area (Å²) in [4.78, 5) is 29.4. The number of likely N-dealkylation sites (tertiary alicyclic amines) is 1. The zero-order chi connectivity index (χ0) is 16.7. The fourth-order valence-corrected chi connectivity index (χ4v) is 3.74. The van der Waals surface area contributed by atoms with Gasteiger partial charge in [-0.05, 0) is 39.0 Å². The molecular formula is C17H21N5O2. The van der Waals surface area contributed by atoms with Crippen LogP contribution in [0.3, 0.4) is 0 Å². The van der Waals surface area contributed by atoms with E-state index in [0.29, 0.717) is 5.56 Å². The third-order valence-corrected chi connectivity index (χ3v) is 5.10. The first-order chi connectivity index (χ1) is 11.6. The molecule has 4 heterocycles. The molecule has 2 aromatic heterocycles. The number of pyridine rings is 1. The van der Waals surface area contributed by atoms with Crippen molar-refractivity contribution in [2.75, 3.05) is 25.5 Å². The monoisotopic (exact) mass is 327 g/mol. The number of fused-ring (bicyclic) bond motifs is 1. The number of hydrogen-bond acceptors (Lipinski definition) is 4. The van der Waals surface area contributed by atoms with Gasteiger partial charge in [-0.1, -0.05) is 6.07 Å². The van der Waals surface area contributed by atoms with Gasteiger partial charge in [0, 0.05) is 29.7 Å². The van der Waals surface area contributed by atoms with E-state index in [-0.39, 0.29) is 29.8 Å². The molecule has 1 amide bonds. The van der Waals surface area contributed by atoms with Crippen molar-refractivity contribution in [3.05, 3.63) is 46.0 Å². The highest BCUT2D eigenvalue weighted by Gasteiger charge is 2.33. The summed E-state index contributed by atoms with van der Waals surface area (Å²) >= 11 is 0. The van der Waals surface area contributed by atoms with E-state index in [1.54, 1.807) is 18.3 Å². The average Bonchev–Trinajstić information content (AvgIpc) is 2.99. The Kier molecular flexibility index (Phi) is 3.72. The average molecular weight is 327 g/mol. The van der Waals surface area contributed by atoms with Gasteiger partial charge in [0.1, 0.15) is 5.82 Å². The number of aromatic amines is 1. The summed E-state index contributed by atoms with van der Waals surface area (Å²) in [6, 6.07) is 3.88. The molecule has 1 fully saturated rings. The highest BCUT2D eigenvalue weighted by Crippen LogP contribution is 2.38. The largest absolute Gasteiger partial charge is 0.329 e. The van der Waals surface area contributed by atoms with E-state index in [2.05, 4.69) is 27.3 Å². The summed E-state index contributed by atoms with van der Waals surface area (Å²) < 4.78 is 1.95. The van der Waals surface area contributed by atoms with Crippen LogP contribution in [0, 0.1) is 0 Å². The van der Waals surface area contributed by atoms with E-state index in [1.807, 2.05) is 10.9 Å². The van der Waals surface area contributed by atoms with Crippen molar-refractivity contribution in [3.63, 3.8) is 0 Å². The Morgan fingerprint density at radius 1 is 1.21 bits per heavy atom. The predicted molar refractivity (Wildman–Crippen MR) is 90.1 cm³/mol. The van der Waals surface area contributed by atoms with Crippen LogP contribution in [0.4, 0.5) is 5.82 Å². The molecule has 4 rings (SSSR count). The number of H-pyrrole nitrogens is 1. The highest BCUT2D eigenvalue weighted by atomic mass is 16.2. The van der Waals surface area contributed by atoms with Crippen LogP contribution < -0.4 is 10.9 Å². The van der Waals surface area contributed by atoms with Crippen LogP contribution in [-0.2, 0) is 4.79 Å². The number of carbonyl (C=O) groups excluding carboxylic acids is 1. The van der Waals surface area contributed by atoms with E-state index in [4.69, 9.17) is 0 Å². The summed E-state index contributed by atoms with van der Waals surface area (Å²) in [6.45, 7) is 2.05. The predicted octanol–water partition coefficient (Wildman–Crippen LogP) is 1.31. The first-order valence-corrected chi connectivity index (χ1v) is 8.37. The molecule has 1 unspecified atom stereocenters. The van der Waals surface area contributed by atoms with Crippen molar-refractivity contribution in [3.8, 4) is 0 Å². The second kappa shape index (κ2) is 5.90. The number of amides is 1. The first-order valence-electron chi connectivity index (χ1n) is 8.37. The second-order valence-electron chi connectivity index (χ2n) is 6.69. The second-order valence-corrected chi connectivity index (χ2v) is 6.69. The van der Waals surface area contributed by atoms with Gasteiger partial charge >= 0.3 is 0 Å². The van der Waals surface area contributed by atoms with Gasteiger partial charge in [-0.3, -0.25) is 9.59 Å². The van der Waals surface area contributed by atoms with E-state index < -0.39 is 0 Å². The van der Waals surface area contributed by atoms with Gasteiger partial charge in [0.25, 0.3) is 5.56 Å². The Bertz CT molecular complexity index is 816. The fraction of sp³-hybridized carbons (Fsp3) is 0.471. The smallest absolute Gasteiger partial charge is 0.251 e. The van der Waals surface area contributed by atoms with Crippen LogP contribution in [0.15, 0.2) is 29.3 Å². The SMILES string of the molecule is CN1CCC(n2ncc3c2NC(=O)CC3c2ccc[nH]c2=O)CC1. The summed E-state index contributed by atoms with van der Waals surface area (Å²) in [5.41, 5.74) is 1.41. The van der Waals surface area contributed by atoms with Crippen LogP contribution >= 0.6 is 0 Å². The summed E-state index contributed by atoms with van der Waals surface area (Å²) in [5.74, 6) is 0.457. The van der Waals surface area contributed by atoms with Gasteiger partial charge in [0.15, 0.2) is 0 Å². The van der Waals surface area contributed by atoms with Gasteiger partial charge in [0.05, 0.1) is 12.2 Å².